The van der Waals surface area contributed by atoms with Gasteiger partial charge in [-0.1, -0.05) is 97.3 Å². The number of hydrogen-bond donors (Lipinski definition) is 3. The Labute approximate surface area is 685 Å². The summed E-state index contributed by atoms with van der Waals surface area (Å²) in [6.45, 7) is 30.9. The minimum atomic E-state index is -1.03. The number of allylic oxidation sites excluding steroid dienone is 6. The number of nitrogens with zero attached hydrogens (tertiary/aromatic N) is 8. The summed E-state index contributed by atoms with van der Waals surface area (Å²) in [5.41, 5.74) is 4.70. The first-order valence-corrected chi connectivity index (χ1v) is 42.6. The van der Waals surface area contributed by atoms with E-state index in [-0.39, 0.29) is 121 Å². The lowest BCUT2D eigenvalue weighted by molar-refractivity contribution is -0.125. The molecule has 3 N–H and O–H groups in total. The van der Waals surface area contributed by atoms with E-state index in [9.17, 15) is 44.1 Å². The molecule has 3 saturated carbocycles. The highest BCUT2D eigenvalue weighted by atomic mass is 32.1. The zero-order valence-electron chi connectivity index (χ0n) is 68.7. The SMILES string of the molecule is CC1=CC[C@H](C(=O)N(c2cc(C#CC(C)(C)C)sc2C(=O)O)C2CCC(Oc3ccccn3)CC2)[C@@H](C)C1.CC1=CC[C@H](C(=O)N(c2cc(C#CC(C)(C)C)sc2C(=O)O)C2CCC(Oc3ccncn3)CC2)[C@@H](C)C1.CC1=CC[C@H](C(=O)N(c2cc(C#CC(C)(C)C)sc2C(=O)O)C2CCC(Oc3ncccn3)CC2)[C@@H](C)C1. The number of amides is 3. The molecule has 3 amide bonds. The van der Waals surface area contributed by atoms with Crippen LogP contribution in [-0.4, -0.2) is 112 Å². The van der Waals surface area contributed by atoms with Gasteiger partial charge in [0.05, 0.1) is 31.7 Å². The van der Waals surface area contributed by atoms with Gasteiger partial charge in [-0.25, -0.2) is 39.3 Å². The highest BCUT2D eigenvalue weighted by Crippen LogP contribution is 2.45. The maximum atomic E-state index is 14.2. The van der Waals surface area contributed by atoms with Crippen molar-refractivity contribution in [2.45, 2.75) is 256 Å². The molecular formula is C91H112N8O12S3. The van der Waals surface area contributed by atoms with Gasteiger partial charge in [0, 0.05) is 89.0 Å². The lowest BCUT2D eigenvalue weighted by Gasteiger charge is -2.40. The van der Waals surface area contributed by atoms with Crippen LogP contribution in [0.3, 0.4) is 0 Å². The molecule has 606 valence electrons. The highest BCUT2D eigenvalue weighted by Gasteiger charge is 2.44. The van der Waals surface area contributed by atoms with E-state index in [0.717, 1.165) is 117 Å². The molecule has 0 unspecified atom stereocenters. The third-order valence-corrected chi connectivity index (χ3v) is 24.7. The molecule has 0 aromatic carbocycles. The first kappa shape index (κ1) is 86.9. The average molecular weight is 1610 g/mol. The van der Waals surface area contributed by atoms with E-state index in [2.05, 4.69) is 120 Å². The number of carbonyl (C=O) groups is 6. The van der Waals surface area contributed by atoms with Crippen LogP contribution in [0.1, 0.15) is 263 Å². The average Bonchev–Trinajstić information content (AvgIpc) is 1.57. The molecule has 0 aliphatic heterocycles. The Morgan fingerprint density at radius 1 is 0.421 bits per heavy atom. The number of pyridine rings is 1. The number of anilines is 3. The quantitative estimate of drug-likeness (QED) is 0.0533. The van der Waals surface area contributed by atoms with Crippen LogP contribution < -0.4 is 28.9 Å². The van der Waals surface area contributed by atoms with Gasteiger partial charge in [-0.2, -0.15) is 0 Å². The lowest BCUT2D eigenvalue weighted by Crippen LogP contribution is -2.48. The summed E-state index contributed by atoms with van der Waals surface area (Å²) in [4.78, 5) is 108. The molecule has 23 heteroatoms. The molecule has 6 heterocycles. The van der Waals surface area contributed by atoms with E-state index in [1.165, 1.54) is 23.0 Å². The van der Waals surface area contributed by atoms with Crippen LogP contribution in [0.5, 0.6) is 17.8 Å². The predicted molar refractivity (Wildman–Crippen MR) is 451 cm³/mol. The van der Waals surface area contributed by atoms with Gasteiger partial charge in [0.15, 0.2) is 0 Å². The van der Waals surface area contributed by atoms with Crippen molar-refractivity contribution < 1.29 is 58.3 Å². The fourth-order valence-corrected chi connectivity index (χ4v) is 18.4. The molecule has 20 nitrogen and oxygen atoms in total. The standard InChI is InChI=1S/C31H38N2O4S.2C30H37N3O4S/c1-20-9-14-25(21(2)18-20)29(34)33(22-10-12-23(13-11-22)37-27-8-6-7-17-32-27)26-19-24(15-16-31(3,4)5)38-28(26)30(35)36;1-19-7-12-24(20(2)17-19)27(34)33(21-8-10-22(11-9-21)37-29-31-15-6-16-32-29)25-18-23(13-14-30(3,4)5)38-26(25)28(35)36;1-19-6-11-24(20(2)16-19)28(34)33(21-7-9-22(10-8-21)37-26-13-15-31-18-32-26)25-17-23(12-14-30(3,4)5)38-27(25)29(35)36/h6-9,17,19,21-23,25H,10-14,18H2,1-5H3,(H,35,36);6-7,15-16,18,20-22,24H,8-12,17H2,1-5H3,(H,35,36);6,13,15,17-18,20-22,24H,7-11,16H2,1-5H3,(H,35,36)/t21-,22?,23?,25-;2*20-,21?,22?,24-/m000/s1. The summed E-state index contributed by atoms with van der Waals surface area (Å²) in [5.74, 6) is 17.2. The van der Waals surface area contributed by atoms with Crippen molar-refractivity contribution in [3.05, 3.63) is 144 Å². The number of hydrogen-bond acceptors (Lipinski definition) is 17. The first-order chi connectivity index (χ1) is 54.0. The van der Waals surface area contributed by atoms with Crippen molar-refractivity contribution in [1.29, 1.82) is 0 Å². The number of carboxylic acid groups (broad SMARTS) is 3. The Bertz CT molecular complexity index is 4190. The molecule has 3 fully saturated rings. The Hall–Kier alpha value is -9.47. The zero-order chi connectivity index (χ0) is 82.3. The van der Waals surface area contributed by atoms with E-state index < -0.39 is 17.9 Å². The highest BCUT2D eigenvalue weighted by molar-refractivity contribution is 7.16. The second-order valence-electron chi connectivity index (χ2n) is 34.6. The fourth-order valence-electron chi connectivity index (χ4n) is 15.9. The molecule has 0 radical (unpaired) electrons. The minimum Gasteiger partial charge on any atom is -0.477 e. The Morgan fingerprint density at radius 2 is 0.746 bits per heavy atom. The molecule has 114 heavy (non-hydrogen) atoms. The molecule has 0 bridgehead atoms. The molecular weight excluding hydrogens is 1490 g/mol. The van der Waals surface area contributed by atoms with Crippen molar-refractivity contribution in [2.24, 2.45) is 51.8 Å². The molecule has 0 saturated heterocycles. The fraction of sp³-hybridized carbons (Fsp3) is 0.527. The van der Waals surface area contributed by atoms with Gasteiger partial charge in [-0.05, 0) is 247 Å². The smallest absolute Gasteiger partial charge is 0.348 e. The van der Waals surface area contributed by atoms with Crippen LogP contribution in [0.2, 0.25) is 0 Å². The molecule has 6 aliphatic rings. The number of thiophene rings is 3. The summed E-state index contributed by atoms with van der Waals surface area (Å²) in [5, 5.41) is 30.4. The number of carbonyl (C=O) groups excluding carboxylic acids is 3. The van der Waals surface area contributed by atoms with Crippen LogP contribution in [-0.2, 0) is 14.4 Å². The third-order valence-electron chi connectivity index (χ3n) is 21.6. The molecule has 6 aliphatic carbocycles. The van der Waals surface area contributed by atoms with Crippen LogP contribution in [0.4, 0.5) is 17.1 Å². The van der Waals surface area contributed by atoms with Gasteiger partial charge < -0.3 is 44.2 Å². The molecule has 6 aromatic heterocycles. The number of carboxylic acids is 3. The van der Waals surface area contributed by atoms with Gasteiger partial charge >= 0.3 is 23.9 Å². The predicted octanol–water partition coefficient (Wildman–Crippen LogP) is 19.7. The van der Waals surface area contributed by atoms with Crippen LogP contribution in [0.15, 0.2) is 115 Å². The van der Waals surface area contributed by atoms with Gasteiger partial charge in [-0.3, -0.25) is 14.4 Å². The maximum absolute atomic E-state index is 14.2. The summed E-state index contributed by atoms with van der Waals surface area (Å²) in [7, 11) is 0. The Morgan fingerprint density at radius 3 is 1.04 bits per heavy atom. The molecule has 0 spiro atoms. The van der Waals surface area contributed by atoms with E-state index in [4.69, 9.17) is 14.2 Å². The summed E-state index contributed by atoms with van der Waals surface area (Å²) in [6, 6.07) is 14.6. The van der Waals surface area contributed by atoms with Crippen molar-refractivity contribution in [1.82, 2.24) is 24.9 Å². The van der Waals surface area contributed by atoms with Crippen molar-refractivity contribution >= 4 is 86.7 Å². The topological polar surface area (TPSA) is 265 Å². The summed E-state index contributed by atoms with van der Waals surface area (Å²) in [6.07, 6.45) is 28.1. The summed E-state index contributed by atoms with van der Waals surface area (Å²) >= 11 is 3.45. The van der Waals surface area contributed by atoms with Crippen molar-refractivity contribution in [3.8, 4) is 53.3 Å². The van der Waals surface area contributed by atoms with E-state index >= 15 is 0 Å². The molecule has 12 rings (SSSR count). The van der Waals surface area contributed by atoms with Crippen LogP contribution >= 0.6 is 34.0 Å². The van der Waals surface area contributed by atoms with E-state index in [1.54, 1.807) is 52.8 Å². The normalized spacial score (nSPS) is 23.6. The monoisotopic (exact) mass is 1600 g/mol. The molecule has 6 atom stereocenters. The van der Waals surface area contributed by atoms with Crippen molar-refractivity contribution in [3.63, 3.8) is 0 Å². The maximum Gasteiger partial charge on any atom is 0.348 e. The largest absolute Gasteiger partial charge is 0.477 e. The minimum absolute atomic E-state index is 0.00708. The lowest BCUT2D eigenvalue weighted by atomic mass is 9.79. The zero-order valence-corrected chi connectivity index (χ0v) is 71.2. The van der Waals surface area contributed by atoms with E-state index in [1.807, 2.05) is 97.5 Å². The number of ether oxygens (including phenoxy) is 3. The van der Waals surface area contributed by atoms with Crippen LogP contribution in [0.25, 0.3) is 0 Å². The second-order valence-corrected chi connectivity index (χ2v) is 37.8. The van der Waals surface area contributed by atoms with Gasteiger partial charge in [0.1, 0.15) is 39.3 Å². The Kier molecular flexibility index (Phi) is 29.6. The van der Waals surface area contributed by atoms with E-state index in [0.29, 0.717) is 81.6 Å². The van der Waals surface area contributed by atoms with Gasteiger partial charge in [-0.15, -0.1) is 34.0 Å². The molecule has 6 aromatic rings. The van der Waals surface area contributed by atoms with Gasteiger partial charge in [0.25, 0.3) is 0 Å². The van der Waals surface area contributed by atoms with Crippen molar-refractivity contribution in [2.75, 3.05) is 14.7 Å². The number of aromatic carboxylic acids is 3. The van der Waals surface area contributed by atoms with Gasteiger partial charge in [0.2, 0.25) is 29.5 Å². The summed E-state index contributed by atoms with van der Waals surface area (Å²) < 4.78 is 18.1. The second kappa shape index (κ2) is 38.8. The Balaban J connectivity index is 0.000000181. The third kappa shape index (κ3) is 24.1. The number of aromatic nitrogens is 5. The van der Waals surface area contributed by atoms with Crippen LogP contribution in [0, 0.1) is 87.3 Å². The number of rotatable bonds is 18. The first-order valence-electron chi connectivity index (χ1n) is 40.2.